The maximum Gasteiger partial charge on any atom is 0.166 e. The minimum absolute atomic E-state index is 0.112. The molecule has 8 nitrogen and oxygen atoms in total. The van der Waals surface area contributed by atoms with Crippen LogP contribution in [-0.2, 0) is 12.0 Å². The van der Waals surface area contributed by atoms with Crippen molar-refractivity contribution < 1.29 is 4.39 Å². The van der Waals surface area contributed by atoms with Gasteiger partial charge in [0.2, 0.25) is 0 Å². The van der Waals surface area contributed by atoms with Gasteiger partial charge in [-0.3, -0.25) is 4.68 Å². The van der Waals surface area contributed by atoms with Gasteiger partial charge in [0.15, 0.2) is 11.6 Å². The van der Waals surface area contributed by atoms with Crippen LogP contribution in [0.4, 0.5) is 10.2 Å². The lowest BCUT2D eigenvalue weighted by Crippen LogP contribution is -2.32. The molecule has 0 spiro atoms. The molecule has 0 amide bonds. The summed E-state index contributed by atoms with van der Waals surface area (Å²) in [5.74, 6) is 1.13. The summed E-state index contributed by atoms with van der Waals surface area (Å²) in [5.41, 5.74) is 3.11. The highest BCUT2D eigenvalue weighted by molar-refractivity contribution is 7.99. The maximum absolute atomic E-state index is 14.7. The number of aromatic amines is 1. The second-order valence-corrected chi connectivity index (χ2v) is 10.6. The summed E-state index contributed by atoms with van der Waals surface area (Å²) in [4.78, 5) is 18.3. The van der Waals surface area contributed by atoms with Gasteiger partial charge in [0.05, 0.1) is 29.4 Å². The van der Waals surface area contributed by atoms with Crippen molar-refractivity contribution in [2.45, 2.75) is 36.8 Å². The number of nitrogens with one attached hydrogen (secondary N) is 1. The van der Waals surface area contributed by atoms with Crippen LogP contribution in [0, 0.1) is 29.0 Å². The van der Waals surface area contributed by atoms with Gasteiger partial charge in [-0.05, 0) is 42.9 Å². The van der Waals surface area contributed by atoms with E-state index in [9.17, 15) is 9.65 Å². The van der Waals surface area contributed by atoms with Crippen molar-refractivity contribution in [3.8, 4) is 17.3 Å². The fraction of sp³-hybridized carbons (Fsp3) is 0.400. The molecule has 3 atom stereocenters. The average molecular weight is 489 g/mol. The molecule has 4 aromatic heterocycles. The number of anilines is 1. The van der Waals surface area contributed by atoms with Crippen LogP contribution in [0.15, 0.2) is 42.1 Å². The molecule has 0 aromatic carbocycles. The van der Waals surface area contributed by atoms with E-state index in [-0.39, 0.29) is 23.2 Å². The highest BCUT2D eigenvalue weighted by atomic mass is 32.2. The number of pyridine rings is 1. The zero-order valence-electron chi connectivity index (χ0n) is 19.6. The molecule has 1 fully saturated rings. The van der Waals surface area contributed by atoms with E-state index >= 15 is 0 Å². The Morgan fingerprint density at radius 2 is 2.31 bits per heavy atom. The molecule has 6 rings (SSSR count). The lowest BCUT2D eigenvalue weighted by molar-refractivity contribution is 0.272. The molecule has 10 heteroatoms. The molecular formula is C25H25FN8S. The summed E-state index contributed by atoms with van der Waals surface area (Å²) in [6, 6.07) is 6.05. The Hall–Kier alpha value is -3.45. The Balaban J connectivity index is 1.22. The number of nitriles is 1. The summed E-state index contributed by atoms with van der Waals surface area (Å²) in [5, 5.41) is 16.3. The topological polar surface area (TPSA) is 99.3 Å². The van der Waals surface area contributed by atoms with Crippen molar-refractivity contribution in [3.05, 3.63) is 48.4 Å². The predicted octanol–water partition coefficient (Wildman–Crippen LogP) is 4.41. The van der Waals surface area contributed by atoms with Crippen molar-refractivity contribution in [1.29, 1.82) is 5.26 Å². The maximum atomic E-state index is 14.7. The predicted molar refractivity (Wildman–Crippen MR) is 132 cm³/mol. The van der Waals surface area contributed by atoms with E-state index in [1.54, 1.807) is 24.2 Å². The Labute approximate surface area is 206 Å². The number of halogens is 1. The molecule has 178 valence electrons. The molecule has 4 aromatic rings. The van der Waals surface area contributed by atoms with Gasteiger partial charge in [0, 0.05) is 42.7 Å². The van der Waals surface area contributed by atoms with Crippen molar-refractivity contribution in [2.24, 2.45) is 11.8 Å². The van der Waals surface area contributed by atoms with E-state index in [0.717, 1.165) is 57.9 Å². The zero-order chi connectivity index (χ0) is 24.2. The van der Waals surface area contributed by atoms with E-state index in [2.05, 4.69) is 38.0 Å². The number of aryl methyl sites for hydroxylation is 1. The van der Waals surface area contributed by atoms with Gasteiger partial charge in [0.25, 0.3) is 0 Å². The van der Waals surface area contributed by atoms with Gasteiger partial charge in [-0.2, -0.15) is 10.4 Å². The van der Waals surface area contributed by atoms with Gasteiger partial charge in [-0.25, -0.2) is 19.3 Å². The highest BCUT2D eigenvalue weighted by Gasteiger charge is 2.60. The Morgan fingerprint density at radius 3 is 3.14 bits per heavy atom. The molecule has 0 saturated heterocycles. The first-order chi connectivity index (χ1) is 17.0. The van der Waals surface area contributed by atoms with Gasteiger partial charge in [0.1, 0.15) is 17.0 Å². The highest BCUT2D eigenvalue weighted by Crippen LogP contribution is 2.56. The Morgan fingerprint density at radius 1 is 1.43 bits per heavy atom. The zero-order valence-corrected chi connectivity index (χ0v) is 20.4. The van der Waals surface area contributed by atoms with E-state index in [0.29, 0.717) is 12.4 Å². The average Bonchev–Trinajstić information content (AvgIpc) is 3.30. The normalized spacial score (nSPS) is 21.6. The lowest BCUT2D eigenvalue weighted by Gasteiger charge is -2.27. The van der Waals surface area contributed by atoms with Crippen molar-refractivity contribution >= 4 is 28.6 Å². The van der Waals surface area contributed by atoms with Crippen LogP contribution in [0.3, 0.4) is 0 Å². The smallest absolute Gasteiger partial charge is 0.166 e. The molecule has 5 heterocycles. The summed E-state index contributed by atoms with van der Waals surface area (Å²) in [7, 11) is 1.88. The number of hydrogen-bond donors (Lipinski definition) is 1. The number of nitrogens with zero attached hydrogens (tertiary/aromatic N) is 7. The molecule has 2 unspecified atom stereocenters. The molecule has 1 N–H and O–H groups in total. The van der Waals surface area contributed by atoms with Crippen molar-refractivity contribution in [3.63, 3.8) is 0 Å². The van der Waals surface area contributed by atoms with Crippen LogP contribution in [0.25, 0.3) is 22.3 Å². The number of thioether (sulfide) groups is 1. The summed E-state index contributed by atoms with van der Waals surface area (Å²) >= 11 is 1.69. The standard InChI is InChI=1S/C25H25FN8S/c1-15(4-7-33(2)23-20(26)9-16-5-8-35-24(16)32-23)25(10-18(25)11-27)34-13-17(12-31-34)21-19-3-6-28-22(19)30-14-29-21/h3,6,9,12-15,18H,4-5,7-8,10H2,1-2H3,(H,28,29,30)/t15-,18?,25?/m1/s1. The molecule has 0 bridgehead atoms. The minimum atomic E-state index is -0.377. The third-order valence-corrected chi connectivity index (χ3v) is 8.52. The second-order valence-electron chi connectivity index (χ2n) is 9.48. The fourth-order valence-corrected chi connectivity index (χ4v) is 6.31. The van der Waals surface area contributed by atoms with Gasteiger partial charge in [-0.1, -0.05) is 6.92 Å². The first-order valence-electron chi connectivity index (χ1n) is 11.8. The quantitative estimate of drug-likeness (QED) is 0.411. The fourth-order valence-electron chi connectivity index (χ4n) is 5.30. The molecule has 2 aliphatic rings. The van der Waals surface area contributed by atoms with E-state index < -0.39 is 0 Å². The summed E-state index contributed by atoms with van der Waals surface area (Å²) in [6.07, 6.45) is 9.59. The van der Waals surface area contributed by atoms with Crippen molar-refractivity contribution in [1.82, 2.24) is 29.7 Å². The SMILES string of the molecule is C[C@H](CCN(C)c1nc2c(cc1F)CCS2)C1(n2cc(-c3ncnc4[nH]ccc34)cn2)CC1C#N. The Kier molecular flexibility index (Phi) is 5.25. The molecule has 1 aliphatic heterocycles. The summed E-state index contributed by atoms with van der Waals surface area (Å²) in [6.45, 7) is 2.79. The van der Waals surface area contributed by atoms with E-state index in [1.807, 2.05) is 41.3 Å². The Bertz CT molecular complexity index is 1460. The summed E-state index contributed by atoms with van der Waals surface area (Å²) < 4.78 is 16.7. The van der Waals surface area contributed by atoms with Crippen LogP contribution in [-0.4, -0.2) is 49.1 Å². The third-order valence-electron chi connectivity index (χ3n) is 7.49. The van der Waals surface area contributed by atoms with E-state index in [4.69, 9.17) is 0 Å². The molecule has 0 radical (unpaired) electrons. The third kappa shape index (κ3) is 3.57. The number of fused-ring (bicyclic) bond motifs is 2. The first kappa shape index (κ1) is 22.0. The second kappa shape index (κ2) is 8.34. The van der Waals surface area contributed by atoms with Gasteiger partial charge >= 0.3 is 0 Å². The minimum Gasteiger partial charge on any atom is -0.357 e. The van der Waals surface area contributed by atoms with Crippen LogP contribution < -0.4 is 4.90 Å². The number of rotatable bonds is 7. The van der Waals surface area contributed by atoms with Gasteiger partial charge < -0.3 is 9.88 Å². The number of aromatic nitrogens is 6. The first-order valence-corrected chi connectivity index (χ1v) is 12.8. The lowest BCUT2D eigenvalue weighted by atomic mass is 9.93. The van der Waals surface area contributed by atoms with Crippen molar-refractivity contribution in [2.75, 3.05) is 24.2 Å². The number of hydrogen-bond acceptors (Lipinski definition) is 7. The van der Waals surface area contributed by atoms with Crippen LogP contribution >= 0.6 is 11.8 Å². The molecule has 35 heavy (non-hydrogen) atoms. The van der Waals surface area contributed by atoms with Crippen LogP contribution in [0.1, 0.15) is 25.3 Å². The molecular weight excluding hydrogens is 463 g/mol. The molecule has 1 saturated carbocycles. The molecule has 1 aliphatic carbocycles. The van der Waals surface area contributed by atoms with Crippen LogP contribution in [0.2, 0.25) is 0 Å². The monoisotopic (exact) mass is 488 g/mol. The van der Waals surface area contributed by atoms with Gasteiger partial charge in [-0.15, -0.1) is 11.8 Å². The largest absolute Gasteiger partial charge is 0.357 e. The van der Waals surface area contributed by atoms with Crippen LogP contribution in [0.5, 0.6) is 0 Å². The van der Waals surface area contributed by atoms with E-state index in [1.165, 1.54) is 0 Å². The number of H-pyrrole nitrogens is 1.